The average Bonchev–Trinajstić information content (AvgIpc) is 2.22. The standard InChI is InChI=1S/C15H20F3NOSi/c1-10-7-11(2)13(12(3)8-10)14(9-19,15(16,17)18)20-21(4,5)6/h7-8H,1-6H3. The number of nitrogens with zero attached hydrogens (tertiary/aromatic N) is 1. The summed E-state index contributed by atoms with van der Waals surface area (Å²) in [5, 5.41) is 9.37. The topological polar surface area (TPSA) is 33.0 Å². The SMILES string of the molecule is Cc1cc(C)c(C(C#N)(O[Si](C)(C)C)C(F)(F)F)c(C)c1. The molecule has 2 nitrogen and oxygen atoms in total. The maximum Gasteiger partial charge on any atom is 0.434 e. The van der Waals surface area contributed by atoms with Crippen LogP contribution in [0.5, 0.6) is 0 Å². The molecule has 0 N–H and O–H groups in total. The van der Waals surface area contributed by atoms with Gasteiger partial charge in [0.25, 0.3) is 5.60 Å². The van der Waals surface area contributed by atoms with Crippen molar-refractivity contribution in [1.82, 2.24) is 0 Å². The van der Waals surface area contributed by atoms with Crippen molar-refractivity contribution in [3.05, 3.63) is 34.4 Å². The molecule has 1 rings (SSSR count). The Labute approximate surface area is 124 Å². The molecule has 0 amide bonds. The highest BCUT2D eigenvalue weighted by Gasteiger charge is 2.61. The van der Waals surface area contributed by atoms with Gasteiger partial charge in [0.15, 0.2) is 8.32 Å². The monoisotopic (exact) mass is 315 g/mol. The summed E-state index contributed by atoms with van der Waals surface area (Å²) in [5.41, 5.74) is -1.28. The number of halogens is 3. The normalized spacial score (nSPS) is 15.4. The van der Waals surface area contributed by atoms with Crippen LogP contribution in [0.2, 0.25) is 19.6 Å². The minimum absolute atomic E-state index is 0.0782. The second-order valence-corrected chi connectivity index (χ2v) is 10.7. The van der Waals surface area contributed by atoms with E-state index in [0.29, 0.717) is 11.1 Å². The number of hydrogen-bond acceptors (Lipinski definition) is 2. The van der Waals surface area contributed by atoms with Crippen LogP contribution in [0, 0.1) is 32.1 Å². The van der Waals surface area contributed by atoms with Crippen molar-refractivity contribution >= 4 is 8.32 Å². The van der Waals surface area contributed by atoms with Crippen LogP contribution in [0.25, 0.3) is 0 Å². The summed E-state index contributed by atoms with van der Waals surface area (Å²) >= 11 is 0. The zero-order valence-electron chi connectivity index (χ0n) is 13.1. The second-order valence-electron chi connectivity index (χ2n) is 6.28. The van der Waals surface area contributed by atoms with E-state index >= 15 is 0 Å². The minimum atomic E-state index is -4.80. The summed E-state index contributed by atoms with van der Waals surface area (Å²) < 4.78 is 46.6. The van der Waals surface area contributed by atoms with E-state index < -0.39 is 20.1 Å². The molecular formula is C15H20F3NOSi. The molecule has 0 heterocycles. The Balaban J connectivity index is 3.72. The van der Waals surface area contributed by atoms with Crippen molar-refractivity contribution in [1.29, 1.82) is 5.26 Å². The molecule has 0 fully saturated rings. The molecule has 6 heteroatoms. The van der Waals surface area contributed by atoms with E-state index in [-0.39, 0.29) is 5.56 Å². The molecule has 116 valence electrons. The molecule has 1 aromatic carbocycles. The number of aryl methyl sites for hydroxylation is 3. The van der Waals surface area contributed by atoms with E-state index in [1.54, 1.807) is 45.6 Å². The molecule has 0 saturated carbocycles. The van der Waals surface area contributed by atoms with Gasteiger partial charge in [0.2, 0.25) is 0 Å². The first-order valence-corrected chi connectivity index (χ1v) is 10.0. The summed E-state index contributed by atoms with van der Waals surface area (Å²) in [6.45, 7) is 9.91. The van der Waals surface area contributed by atoms with Gasteiger partial charge < -0.3 is 4.43 Å². The lowest BCUT2D eigenvalue weighted by atomic mass is 9.86. The minimum Gasteiger partial charge on any atom is -0.390 e. The predicted molar refractivity (Wildman–Crippen MR) is 78.4 cm³/mol. The van der Waals surface area contributed by atoms with Gasteiger partial charge in [-0.25, -0.2) is 0 Å². The van der Waals surface area contributed by atoms with Gasteiger partial charge in [-0.05, 0) is 51.5 Å². The van der Waals surface area contributed by atoms with Crippen LogP contribution in [0.3, 0.4) is 0 Å². The van der Waals surface area contributed by atoms with Crippen LogP contribution in [-0.2, 0) is 10.0 Å². The van der Waals surface area contributed by atoms with Gasteiger partial charge in [-0.1, -0.05) is 17.7 Å². The third kappa shape index (κ3) is 3.47. The summed E-state index contributed by atoms with van der Waals surface area (Å²) in [7, 11) is -2.61. The number of benzene rings is 1. The lowest BCUT2D eigenvalue weighted by Gasteiger charge is -2.37. The zero-order valence-corrected chi connectivity index (χ0v) is 14.1. The number of rotatable bonds is 3. The molecule has 1 atom stereocenters. The summed E-state index contributed by atoms with van der Waals surface area (Å²) in [6, 6.07) is 4.71. The predicted octanol–water partition coefficient (Wildman–Crippen LogP) is 4.74. The van der Waals surface area contributed by atoms with Crippen LogP contribution in [0.4, 0.5) is 13.2 Å². The van der Waals surface area contributed by atoms with Gasteiger partial charge >= 0.3 is 6.18 Å². The van der Waals surface area contributed by atoms with E-state index in [4.69, 9.17) is 4.43 Å². The van der Waals surface area contributed by atoms with Crippen molar-refractivity contribution in [2.75, 3.05) is 0 Å². The summed E-state index contributed by atoms with van der Waals surface area (Å²) in [4.78, 5) is 0. The maximum atomic E-state index is 13.7. The van der Waals surface area contributed by atoms with E-state index in [1.807, 2.05) is 6.92 Å². The highest BCUT2D eigenvalue weighted by Crippen LogP contribution is 2.46. The lowest BCUT2D eigenvalue weighted by Crippen LogP contribution is -2.50. The fourth-order valence-corrected chi connectivity index (χ4v) is 3.77. The van der Waals surface area contributed by atoms with Gasteiger partial charge in [0.1, 0.15) is 6.07 Å². The first kappa shape index (κ1) is 17.7. The van der Waals surface area contributed by atoms with E-state index in [1.165, 1.54) is 6.07 Å². The third-order valence-electron chi connectivity index (χ3n) is 3.05. The van der Waals surface area contributed by atoms with E-state index in [0.717, 1.165) is 5.56 Å². The molecule has 1 unspecified atom stereocenters. The highest BCUT2D eigenvalue weighted by molar-refractivity contribution is 6.69. The van der Waals surface area contributed by atoms with Gasteiger partial charge in [-0.3, -0.25) is 0 Å². The number of alkyl halides is 3. The smallest absolute Gasteiger partial charge is 0.390 e. The average molecular weight is 315 g/mol. The maximum absolute atomic E-state index is 13.7. The molecule has 0 aromatic heterocycles. The van der Waals surface area contributed by atoms with Crippen molar-refractivity contribution in [3.8, 4) is 6.07 Å². The lowest BCUT2D eigenvalue weighted by molar-refractivity contribution is -0.234. The van der Waals surface area contributed by atoms with Crippen molar-refractivity contribution < 1.29 is 17.6 Å². The van der Waals surface area contributed by atoms with Gasteiger partial charge in [0, 0.05) is 5.56 Å². The van der Waals surface area contributed by atoms with E-state index in [9.17, 15) is 18.4 Å². The van der Waals surface area contributed by atoms with Crippen molar-refractivity contribution in [3.63, 3.8) is 0 Å². The Kier molecular flexibility index (Phi) is 4.61. The molecule has 0 bridgehead atoms. The zero-order chi connectivity index (χ0) is 16.6. The number of hydrogen-bond donors (Lipinski definition) is 0. The molecular weight excluding hydrogens is 295 g/mol. The Bertz CT molecular complexity index is 561. The largest absolute Gasteiger partial charge is 0.434 e. The Morgan fingerprint density at radius 2 is 1.48 bits per heavy atom. The third-order valence-corrected chi connectivity index (χ3v) is 3.96. The molecule has 0 spiro atoms. The van der Waals surface area contributed by atoms with Crippen LogP contribution < -0.4 is 0 Å². The fraction of sp³-hybridized carbons (Fsp3) is 0.533. The molecule has 0 saturated heterocycles. The Morgan fingerprint density at radius 3 is 1.76 bits per heavy atom. The fourth-order valence-electron chi connectivity index (χ4n) is 2.59. The van der Waals surface area contributed by atoms with Crippen LogP contribution in [0.15, 0.2) is 12.1 Å². The van der Waals surface area contributed by atoms with Crippen LogP contribution >= 0.6 is 0 Å². The number of nitriles is 1. The van der Waals surface area contributed by atoms with Gasteiger partial charge in [-0.2, -0.15) is 18.4 Å². The quantitative estimate of drug-likeness (QED) is 0.754. The molecule has 0 aliphatic carbocycles. The Morgan fingerprint density at radius 1 is 1.05 bits per heavy atom. The Hall–Kier alpha value is -1.32. The van der Waals surface area contributed by atoms with Gasteiger partial charge in [0.05, 0.1) is 0 Å². The van der Waals surface area contributed by atoms with Crippen molar-refractivity contribution in [2.24, 2.45) is 0 Å². The summed E-state index contributed by atoms with van der Waals surface area (Å²) in [6.07, 6.45) is -4.80. The summed E-state index contributed by atoms with van der Waals surface area (Å²) in [5.74, 6) is 0. The highest BCUT2D eigenvalue weighted by atomic mass is 28.4. The second kappa shape index (κ2) is 5.47. The first-order valence-electron chi connectivity index (χ1n) is 6.60. The van der Waals surface area contributed by atoms with Crippen LogP contribution in [0.1, 0.15) is 22.3 Å². The van der Waals surface area contributed by atoms with Gasteiger partial charge in [-0.15, -0.1) is 0 Å². The molecule has 0 aliphatic rings. The van der Waals surface area contributed by atoms with Crippen LogP contribution in [-0.4, -0.2) is 14.5 Å². The van der Waals surface area contributed by atoms with Crippen molar-refractivity contribution in [2.45, 2.75) is 52.2 Å². The molecule has 0 aliphatic heterocycles. The van der Waals surface area contributed by atoms with E-state index in [2.05, 4.69) is 0 Å². The first-order chi connectivity index (χ1) is 9.34. The molecule has 0 radical (unpaired) electrons. The molecule has 21 heavy (non-hydrogen) atoms. The molecule has 1 aromatic rings.